The summed E-state index contributed by atoms with van der Waals surface area (Å²) in [5.74, 6) is -0.145. The van der Waals surface area contributed by atoms with E-state index >= 15 is 0 Å². The number of amides is 2. The first-order valence-corrected chi connectivity index (χ1v) is 6.80. The van der Waals surface area contributed by atoms with Crippen molar-refractivity contribution >= 4 is 11.8 Å². The highest BCUT2D eigenvalue weighted by Gasteiger charge is 2.24. The summed E-state index contributed by atoms with van der Waals surface area (Å²) >= 11 is 0. The van der Waals surface area contributed by atoms with E-state index < -0.39 is 6.04 Å². The zero-order valence-electron chi connectivity index (χ0n) is 11.7. The van der Waals surface area contributed by atoms with Gasteiger partial charge in [-0.1, -0.05) is 6.92 Å². The van der Waals surface area contributed by atoms with Crippen molar-refractivity contribution in [2.75, 3.05) is 26.7 Å². The molecule has 104 valence electrons. The zero-order chi connectivity index (χ0) is 13.5. The minimum Gasteiger partial charge on any atom is -0.344 e. The molecule has 2 atom stereocenters. The Morgan fingerprint density at radius 1 is 1.17 bits per heavy atom. The lowest BCUT2D eigenvalue weighted by Gasteiger charge is -2.29. The lowest BCUT2D eigenvalue weighted by molar-refractivity contribution is -0.137. The number of piperidine rings is 1. The Hall–Kier alpha value is -1.10. The third kappa shape index (κ3) is 4.29. The molecule has 0 aromatic carbocycles. The molecule has 5 heteroatoms. The Labute approximate surface area is 109 Å². The Morgan fingerprint density at radius 3 is 2.33 bits per heavy atom. The van der Waals surface area contributed by atoms with Gasteiger partial charge in [-0.3, -0.25) is 9.59 Å². The van der Waals surface area contributed by atoms with Crippen molar-refractivity contribution in [3.8, 4) is 0 Å². The van der Waals surface area contributed by atoms with Crippen molar-refractivity contribution in [1.29, 1.82) is 0 Å². The monoisotopic (exact) mass is 255 g/mol. The fraction of sp³-hybridized carbons (Fsp3) is 0.846. The number of likely N-dealkylation sites (tertiary alicyclic amines) is 1. The molecular weight excluding hydrogens is 230 g/mol. The molecule has 0 aliphatic carbocycles. The molecule has 1 aliphatic rings. The van der Waals surface area contributed by atoms with Crippen LogP contribution in [0.3, 0.4) is 0 Å². The van der Waals surface area contributed by atoms with Crippen molar-refractivity contribution in [2.24, 2.45) is 5.92 Å². The van der Waals surface area contributed by atoms with Gasteiger partial charge in [-0.15, -0.1) is 0 Å². The molecule has 0 radical (unpaired) electrons. The van der Waals surface area contributed by atoms with E-state index in [-0.39, 0.29) is 17.7 Å². The highest BCUT2D eigenvalue weighted by atomic mass is 16.2. The molecule has 5 nitrogen and oxygen atoms in total. The first-order valence-electron chi connectivity index (χ1n) is 6.80. The molecule has 0 bridgehead atoms. The Bertz CT molecular complexity index is 288. The van der Waals surface area contributed by atoms with Crippen LogP contribution in [0.5, 0.6) is 0 Å². The molecule has 0 saturated carbocycles. The number of nitrogens with zero attached hydrogens (tertiary/aromatic N) is 1. The third-order valence-corrected chi connectivity index (χ3v) is 3.35. The van der Waals surface area contributed by atoms with Crippen molar-refractivity contribution < 1.29 is 9.59 Å². The summed E-state index contributed by atoms with van der Waals surface area (Å²) in [5.41, 5.74) is 0. The molecule has 0 aromatic rings. The van der Waals surface area contributed by atoms with E-state index in [4.69, 9.17) is 0 Å². The van der Waals surface area contributed by atoms with Gasteiger partial charge in [0, 0.05) is 25.6 Å². The molecule has 0 aromatic heterocycles. The molecule has 1 rings (SSSR count). The number of hydrogen-bond acceptors (Lipinski definition) is 3. The summed E-state index contributed by atoms with van der Waals surface area (Å²) in [6.45, 7) is 5.89. The Balaban J connectivity index is 2.41. The van der Waals surface area contributed by atoms with Gasteiger partial charge >= 0.3 is 0 Å². The van der Waals surface area contributed by atoms with Crippen LogP contribution in [0.1, 0.15) is 33.1 Å². The van der Waals surface area contributed by atoms with Gasteiger partial charge in [-0.2, -0.15) is 0 Å². The summed E-state index contributed by atoms with van der Waals surface area (Å²) in [4.78, 5) is 25.8. The van der Waals surface area contributed by atoms with Crippen LogP contribution in [-0.2, 0) is 9.59 Å². The van der Waals surface area contributed by atoms with Gasteiger partial charge in [0.1, 0.15) is 6.04 Å². The van der Waals surface area contributed by atoms with E-state index in [0.717, 1.165) is 25.9 Å². The van der Waals surface area contributed by atoms with Gasteiger partial charge < -0.3 is 15.5 Å². The zero-order valence-corrected chi connectivity index (χ0v) is 11.7. The Morgan fingerprint density at radius 2 is 1.78 bits per heavy atom. The molecule has 2 N–H and O–H groups in total. The van der Waals surface area contributed by atoms with Gasteiger partial charge in [0.2, 0.25) is 11.8 Å². The molecular formula is C13H25N3O2. The first-order chi connectivity index (χ1) is 8.56. The van der Waals surface area contributed by atoms with Crippen LogP contribution in [0, 0.1) is 5.92 Å². The number of nitrogens with one attached hydrogen (secondary N) is 2. The van der Waals surface area contributed by atoms with E-state index in [1.165, 1.54) is 6.42 Å². The fourth-order valence-corrected chi connectivity index (χ4v) is 2.20. The van der Waals surface area contributed by atoms with Crippen LogP contribution in [0.4, 0.5) is 0 Å². The average Bonchev–Trinajstić information content (AvgIpc) is 2.39. The number of carbonyl (C=O) groups excluding carboxylic acids is 2. The van der Waals surface area contributed by atoms with Gasteiger partial charge in [-0.05, 0) is 33.2 Å². The molecule has 18 heavy (non-hydrogen) atoms. The fourth-order valence-electron chi connectivity index (χ4n) is 2.20. The SMILES string of the molecule is CNCC(C)C(=O)NC(C)C(=O)N1CCCCC1. The van der Waals surface area contributed by atoms with Crippen LogP contribution in [0.15, 0.2) is 0 Å². The molecule has 1 fully saturated rings. The molecule has 1 aliphatic heterocycles. The second-order valence-electron chi connectivity index (χ2n) is 5.07. The average molecular weight is 255 g/mol. The van der Waals surface area contributed by atoms with Gasteiger partial charge in [0.25, 0.3) is 0 Å². The van der Waals surface area contributed by atoms with E-state index in [1.54, 1.807) is 6.92 Å². The summed E-state index contributed by atoms with van der Waals surface area (Å²) in [6.07, 6.45) is 3.34. The van der Waals surface area contributed by atoms with Crippen molar-refractivity contribution in [2.45, 2.75) is 39.2 Å². The summed E-state index contributed by atoms with van der Waals surface area (Å²) < 4.78 is 0. The first kappa shape index (κ1) is 15.0. The number of hydrogen-bond donors (Lipinski definition) is 2. The van der Waals surface area contributed by atoms with Crippen LogP contribution in [0.25, 0.3) is 0 Å². The predicted molar refractivity (Wildman–Crippen MR) is 71.1 cm³/mol. The molecule has 1 saturated heterocycles. The van der Waals surface area contributed by atoms with E-state index in [2.05, 4.69) is 10.6 Å². The predicted octanol–water partition coefficient (Wildman–Crippen LogP) is 0.359. The standard InChI is InChI=1S/C13H25N3O2/c1-10(9-14-3)12(17)15-11(2)13(18)16-7-5-4-6-8-16/h10-11,14H,4-9H2,1-3H3,(H,15,17). The van der Waals surface area contributed by atoms with Gasteiger partial charge in [0.05, 0.1) is 0 Å². The highest BCUT2D eigenvalue weighted by Crippen LogP contribution is 2.10. The molecule has 2 amide bonds. The lowest BCUT2D eigenvalue weighted by atomic mass is 10.1. The largest absolute Gasteiger partial charge is 0.344 e. The van der Waals surface area contributed by atoms with E-state index in [9.17, 15) is 9.59 Å². The maximum Gasteiger partial charge on any atom is 0.244 e. The van der Waals surface area contributed by atoms with Crippen LogP contribution < -0.4 is 10.6 Å². The molecule has 2 unspecified atom stereocenters. The minimum absolute atomic E-state index is 0.0414. The van der Waals surface area contributed by atoms with E-state index in [0.29, 0.717) is 6.54 Å². The quantitative estimate of drug-likeness (QED) is 0.745. The number of carbonyl (C=O) groups is 2. The van der Waals surface area contributed by atoms with Gasteiger partial charge in [0.15, 0.2) is 0 Å². The van der Waals surface area contributed by atoms with Crippen LogP contribution >= 0.6 is 0 Å². The normalized spacial score (nSPS) is 19.2. The van der Waals surface area contributed by atoms with Crippen LogP contribution in [0.2, 0.25) is 0 Å². The third-order valence-electron chi connectivity index (χ3n) is 3.35. The van der Waals surface area contributed by atoms with Crippen molar-refractivity contribution in [1.82, 2.24) is 15.5 Å². The molecule has 0 spiro atoms. The lowest BCUT2D eigenvalue weighted by Crippen LogP contribution is -2.50. The maximum absolute atomic E-state index is 12.1. The molecule has 1 heterocycles. The summed E-state index contributed by atoms with van der Waals surface area (Å²) in [7, 11) is 1.81. The van der Waals surface area contributed by atoms with Crippen LogP contribution in [-0.4, -0.2) is 49.4 Å². The van der Waals surface area contributed by atoms with Crippen molar-refractivity contribution in [3.63, 3.8) is 0 Å². The van der Waals surface area contributed by atoms with E-state index in [1.807, 2.05) is 18.9 Å². The highest BCUT2D eigenvalue weighted by molar-refractivity contribution is 5.88. The second kappa shape index (κ2) is 7.36. The summed E-state index contributed by atoms with van der Waals surface area (Å²) in [5, 5.41) is 5.75. The smallest absolute Gasteiger partial charge is 0.244 e. The van der Waals surface area contributed by atoms with Gasteiger partial charge in [-0.25, -0.2) is 0 Å². The summed E-state index contributed by atoms with van der Waals surface area (Å²) in [6, 6.07) is -0.421. The second-order valence-corrected chi connectivity index (χ2v) is 5.07. The minimum atomic E-state index is -0.421. The topological polar surface area (TPSA) is 61.4 Å². The Kier molecular flexibility index (Phi) is 6.12. The number of rotatable bonds is 5. The maximum atomic E-state index is 12.1. The van der Waals surface area contributed by atoms with Crippen molar-refractivity contribution in [3.05, 3.63) is 0 Å².